The molecule has 10 heteroatoms. The van der Waals surface area contributed by atoms with Crippen LogP contribution < -0.4 is 0 Å². The van der Waals surface area contributed by atoms with E-state index in [0.717, 1.165) is 0 Å². The molecule has 9 unspecified atom stereocenters. The number of fused-ring (bicyclic) bond motifs is 1. The summed E-state index contributed by atoms with van der Waals surface area (Å²) in [4.78, 5) is 0. The van der Waals surface area contributed by atoms with Crippen molar-refractivity contribution in [2.75, 3.05) is 0 Å². The second kappa shape index (κ2) is 9.46. The lowest BCUT2D eigenvalue weighted by Crippen LogP contribution is -2.61. The summed E-state index contributed by atoms with van der Waals surface area (Å²) in [6.07, 6.45) is -8.22. The van der Waals surface area contributed by atoms with Crippen molar-refractivity contribution < 1.29 is 50.0 Å². The van der Waals surface area contributed by atoms with Crippen LogP contribution in [0.3, 0.4) is 0 Å². The molecular formula is C21H36O10. The molecule has 0 radical (unpaired) electrons. The molecule has 0 bridgehead atoms. The molecule has 31 heavy (non-hydrogen) atoms. The van der Waals surface area contributed by atoms with Gasteiger partial charge in [0.25, 0.3) is 0 Å². The molecule has 2 saturated heterocycles. The number of aliphatic hydroxyl groups is 7. The molecular weight excluding hydrogens is 412 g/mol. The molecule has 0 aromatic rings. The lowest BCUT2D eigenvalue weighted by atomic mass is 9.72. The SMILES string of the molecule is C[C@@H]1O[C@@H](OC2CC3C(O)CC(O)CC3OC2C2CCC(O)C(O)C2)[C@H](O)[C@H](O)[C@H]1O. The smallest absolute Gasteiger partial charge is 0.186 e. The second-order valence-electron chi connectivity index (χ2n) is 9.80. The van der Waals surface area contributed by atoms with E-state index in [9.17, 15) is 35.7 Å². The van der Waals surface area contributed by atoms with Gasteiger partial charge in [-0.25, -0.2) is 0 Å². The lowest BCUT2D eigenvalue weighted by molar-refractivity contribution is -0.328. The van der Waals surface area contributed by atoms with Gasteiger partial charge in [0.2, 0.25) is 0 Å². The van der Waals surface area contributed by atoms with E-state index in [-0.39, 0.29) is 24.4 Å². The van der Waals surface area contributed by atoms with Gasteiger partial charge in [0.1, 0.15) is 18.3 Å². The van der Waals surface area contributed by atoms with Crippen molar-refractivity contribution in [3.63, 3.8) is 0 Å². The Morgan fingerprint density at radius 1 is 0.710 bits per heavy atom. The molecule has 4 aliphatic rings. The van der Waals surface area contributed by atoms with Crippen molar-refractivity contribution in [2.45, 2.75) is 119 Å². The molecule has 0 aromatic heterocycles. The Morgan fingerprint density at radius 2 is 1.45 bits per heavy atom. The summed E-state index contributed by atoms with van der Waals surface area (Å²) in [5.74, 6) is -0.397. The quantitative estimate of drug-likeness (QED) is 0.257. The van der Waals surface area contributed by atoms with E-state index in [1.54, 1.807) is 6.92 Å². The van der Waals surface area contributed by atoms with E-state index in [4.69, 9.17) is 14.2 Å². The lowest BCUT2D eigenvalue weighted by Gasteiger charge is -2.51. The highest BCUT2D eigenvalue weighted by Crippen LogP contribution is 2.43. The third-order valence-electron chi connectivity index (χ3n) is 7.60. The van der Waals surface area contributed by atoms with Crippen LogP contribution in [-0.2, 0) is 14.2 Å². The van der Waals surface area contributed by atoms with Crippen LogP contribution in [0.2, 0.25) is 0 Å². The number of hydrogen-bond donors (Lipinski definition) is 7. The molecule has 2 heterocycles. The first-order valence-corrected chi connectivity index (χ1v) is 11.4. The highest BCUT2D eigenvalue weighted by molar-refractivity contribution is 4.98. The summed E-state index contributed by atoms with van der Waals surface area (Å²) in [6, 6.07) is 0. The molecule has 10 nitrogen and oxygen atoms in total. The van der Waals surface area contributed by atoms with Crippen LogP contribution in [0.25, 0.3) is 0 Å². The number of hydrogen-bond acceptors (Lipinski definition) is 10. The Hall–Kier alpha value is -0.400. The summed E-state index contributed by atoms with van der Waals surface area (Å²) in [6.45, 7) is 1.58. The third-order valence-corrected chi connectivity index (χ3v) is 7.60. The van der Waals surface area contributed by atoms with Crippen LogP contribution in [0.4, 0.5) is 0 Å². The minimum atomic E-state index is -1.46. The first kappa shape index (κ1) is 23.7. The maximum absolute atomic E-state index is 10.5. The first-order valence-electron chi connectivity index (χ1n) is 11.4. The van der Waals surface area contributed by atoms with Gasteiger partial charge in [-0.05, 0) is 51.4 Å². The van der Waals surface area contributed by atoms with Crippen LogP contribution in [-0.4, -0.2) is 109 Å². The largest absolute Gasteiger partial charge is 0.393 e. The Labute approximate surface area is 181 Å². The fraction of sp³-hybridized carbons (Fsp3) is 1.00. The van der Waals surface area contributed by atoms with Crippen LogP contribution >= 0.6 is 0 Å². The standard InChI is InChI=1S/C21H36O10/c1-8-17(26)18(27)19(28)21(29-8)31-16-7-11-13(24)5-10(22)6-15(11)30-20(16)9-2-3-12(23)14(25)4-9/h8-28H,2-7H2,1H3/t8-,9?,10?,11?,12?,13?,14?,15?,16?,17-,18+,19+,20?,21-/m0/s1. The molecule has 7 N–H and O–H groups in total. The predicted octanol–water partition coefficient (Wildman–Crippen LogP) is -1.99. The van der Waals surface area contributed by atoms with Gasteiger partial charge in [-0.15, -0.1) is 0 Å². The van der Waals surface area contributed by atoms with E-state index in [1.165, 1.54) is 0 Å². The van der Waals surface area contributed by atoms with Gasteiger partial charge in [0.05, 0.1) is 48.8 Å². The fourth-order valence-corrected chi connectivity index (χ4v) is 5.70. The summed E-state index contributed by atoms with van der Waals surface area (Å²) in [7, 11) is 0. The molecule has 0 spiro atoms. The molecule has 0 amide bonds. The van der Waals surface area contributed by atoms with Crippen molar-refractivity contribution in [2.24, 2.45) is 11.8 Å². The maximum atomic E-state index is 10.5. The average molecular weight is 449 g/mol. The van der Waals surface area contributed by atoms with Crippen LogP contribution in [0.5, 0.6) is 0 Å². The molecule has 4 rings (SSSR count). The Morgan fingerprint density at radius 3 is 2.16 bits per heavy atom. The van der Waals surface area contributed by atoms with Gasteiger partial charge >= 0.3 is 0 Å². The first-order chi connectivity index (χ1) is 14.7. The van der Waals surface area contributed by atoms with Crippen molar-refractivity contribution in [1.29, 1.82) is 0 Å². The molecule has 4 fully saturated rings. The van der Waals surface area contributed by atoms with Crippen molar-refractivity contribution >= 4 is 0 Å². The van der Waals surface area contributed by atoms with Gasteiger partial charge in [-0.2, -0.15) is 0 Å². The third kappa shape index (κ3) is 4.79. The van der Waals surface area contributed by atoms with Crippen LogP contribution in [0.15, 0.2) is 0 Å². The minimum absolute atomic E-state index is 0.130. The van der Waals surface area contributed by atoms with Crippen LogP contribution in [0, 0.1) is 11.8 Å². The number of aliphatic hydroxyl groups excluding tert-OH is 7. The maximum Gasteiger partial charge on any atom is 0.186 e. The zero-order valence-electron chi connectivity index (χ0n) is 17.7. The Balaban J connectivity index is 1.53. The van der Waals surface area contributed by atoms with E-state index in [0.29, 0.717) is 32.1 Å². The summed E-state index contributed by atoms with van der Waals surface area (Å²) >= 11 is 0. The molecule has 180 valence electrons. The number of rotatable bonds is 3. The summed E-state index contributed by atoms with van der Waals surface area (Å²) < 4.78 is 18.0. The van der Waals surface area contributed by atoms with Gasteiger partial charge in [0.15, 0.2) is 6.29 Å². The van der Waals surface area contributed by atoms with E-state index in [1.807, 2.05) is 0 Å². The zero-order chi connectivity index (χ0) is 22.4. The van der Waals surface area contributed by atoms with Crippen LogP contribution in [0.1, 0.15) is 45.4 Å². The molecule has 2 aliphatic carbocycles. The monoisotopic (exact) mass is 448 g/mol. The van der Waals surface area contributed by atoms with Crippen molar-refractivity contribution in [3.05, 3.63) is 0 Å². The highest BCUT2D eigenvalue weighted by atomic mass is 16.7. The topological polar surface area (TPSA) is 169 Å². The van der Waals surface area contributed by atoms with E-state index < -0.39 is 67.3 Å². The molecule has 0 aromatic carbocycles. The van der Waals surface area contributed by atoms with E-state index >= 15 is 0 Å². The normalized spacial score (nSPS) is 56.1. The zero-order valence-corrected chi connectivity index (χ0v) is 17.7. The van der Waals surface area contributed by atoms with Crippen molar-refractivity contribution in [3.8, 4) is 0 Å². The van der Waals surface area contributed by atoms with Gasteiger partial charge < -0.3 is 50.0 Å². The summed E-state index contributed by atoms with van der Waals surface area (Å²) in [5, 5.41) is 71.2. The number of ether oxygens (including phenoxy) is 3. The molecule has 2 aliphatic heterocycles. The Kier molecular flexibility index (Phi) is 7.24. The second-order valence-corrected chi connectivity index (χ2v) is 9.80. The van der Waals surface area contributed by atoms with E-state index in [2.05, 4.69) is 0 Å². The minimum Gasteiger partial charge on any atom is -0.393 e. The predicted molar refractivity (Wildman–Crippen MR) is 105 cm³/mol. The van der Waals surface area contributed by atoms with Gasteiger partial charge in [0, 0.05) is 5.92 Å². The molecule has 14 atom stereocenters. The highest BCUT2D eigenvalue weighted by Gasteiger charge is 2.51. The van der Waals surface area contributed by atoms with Gasteiger partial charge in [-0.1, -0.05) is 0 Å². The summed E-state index contributed by atoms with van der Waals surface area (Å²) in [5.41, 5.74) is 0. The molecule has 2 saturated carbocycles. The fourth-order valence-electron chi connectivity index (χ4n) is 5.70. The van der Waals surface area contributed by atoms with Crippen molar-refractivity contribution in [1.82, 2.24) is 0 Å². The Bertz CT molecular complexity index is 607. The average Bonchev–Trinajstić information content (AvgIpc) is 2.72. The van der Waals surface area contributed by atoms with Gasteiger partial charge in [-0.3, -0.25) is 0 Å².